The lowest BCUT2D eigenvalue weighted by Gasteiger charge is -2.14. The first-order chi connectivity index (χ1) is 12.2. The number of sulfonamides is 1. The first-order valence-corrected chi connectivity index (χ1v) is 10.1. The molecule has 2 N–H and O–H groups in total. The zero-order chi connectivity index (χ0) is 18.9. The Hall–Kier alpha value is -2.61. The number of anilines is 2. The lowest BCUT2D eigenvalue weighted by Crippen LogP contribution is -2.29. The van der Waals surface area contributed by atoms with Gasteiger partial charge in [0.1, 0.15) is 5.82 Å². The van der Waals surface area contributed by atoms with Gasteiger partial charge in [0, 0.05) is 44.0 Å². The second-order valence-electron chi connectivity index (χ2n) is 6.67. The van der Waals surface area contributed by atoms with Crippen molar-refractivity contribution in [2.45, 2.75) is 18.9 Å². The number of carbonyl (C=O) groups excluding carboxylic acids is 1. The topological polar surface area (TPSA) is 91.4 Å². The molecule has 0 radical (unpaired) electrons. The molecule has 1 aliphatic heterocycles. The van der Waals surface area contributed by atoms with E-state index in [1.807, 2.05) is 18.2 Å². The molecule has 0 saturated carbocycles. The van der Waals surface area contributed by atoms with Crippen LogP contribution in [-0.2, 0) is 21.2 Å². The summed E-state index contributed by atoms with van der Waals surface area (Å²) in [5.74, 6) is 0.880. The van der Waals surface area contributed by atoms with Gasteiger partial charge in [0.15, 0.2) is 0 Å². The minimum absolute atomic E-state index is 0.0275. The Balaban J connectivity index is 1.82. The Bertz CT molecular complexity index is 924. The number of fused-ring (bicyclic) bond motifs is 1. The number of rotatable bonds is 5. The van der Waals surface area contributed by atoms with Crippen molar-refractivity contribution >= 4 is 27.4 Å². The number of carbonyl (C=O) groups is 1. The van der Waals surface area contributed by atoms with Gasteiger partial charge in [0.05, 0.1) is 6.26 Å². The van der Waals surface area contributed by atoms with Crippen LogP contribution in [0.25, 0.3) is 11.1 Å². The average Bonchev–Trinajstić information content (AvgIpc) is 2.96. The van der Waals surface area contributed by atoms with Gasteiger partial charge in [0.2, 0.25) is 15.9 Å². The van der Waals surface area contributed by atoms with E-state index in [-0.39, 0.29) is 11.9 Å². The summed E-state index contributed by atoms with van der Waals surface area (Å²) in [6.45, 7) is 0. The van der Waals surface area contributed by atoms with E-state index in [1.165, 1.54) is 0 Å². The molecular formula is C18H22N4O3S. The number of hydrogen-bond acceptors (Lipinski definition) is 5. The highest BCUT2D eigenvalue weighted by molar-refractivity contribution is 7.92. The third-order valence-corrected chi connectivity index (χ3v) is 4.87. The van der Waals surface area contributed by atoms with Crippen LogP contribution in [0.3, 0.4) is 0 Å². The highest BCUT2D eigenvalue weighted by Crippen LogP contribution is 2.34. The smallest absolute Gasteiger partial charge is 0.229 e. The van der Waals surface area contributed by atoms with Gasteiger partial charge in [-0.05, 0) is 35.7 Å². The van der Waals surface area contributed by atoms with E-state index in [1.54, 1.807) is 37.3 Å². The number of aromatic nitrogens is 1. The normalized spacial score (nSPS) is 15.9. The summed E-state index contributed by atoms with van der Waals surface area (Å²) in [5.41, 5.74) is 3.61. The van der Waals surface area contributed by atoms with Gasteiger partial charge in [-0.15, -0.1) is 0 Å². The molecule has 0 aliphatic carbocycles. The van der Waals surface area contributed by atoms with Gasteiger partial charge in [-0.3, -0.25) is 9.52 Å². The second-order valence-corrected chi connectivity index (χ2v) is 8.42. The molecule has 1 amide bonds. The van der Waals surface area contributed by atoms with Crippen LogP contribution in [0.1, 0.15) is 12.0 Å². The first kappa shape index (κ1) is 18.2. The number of hydrogen-bond donors (Lipinski definition) is 2. The fourth-order valence-corrected chi connectivity index (χ4v) is 3.60. The van der Waals surface area contributed by atoms with Crippen LogP contribution in [0, 0.1) is 0 Å². The molecule has 1 unspecified atom stereocenters. The molecule has 0 saturated heterocycles. The summed E-state index contributed by atoms with van der Waals surface area (Å²) in [4.78, 5) is 17.9. The van der Waals surface area contributed by atoms with Crippen molar-refractivity contribution in [1.82, 2.24) is 9.88 Å². The first-order valence-electron chi connectivity index (χ1n) is 8.26. The molecule has 1 atom stereocenters. The third-order valence-electron chi connectivity index (χ3n) is 4.27. The van der Waals surface area contributed by atoms with Gasteiger partial charge in [-0.2, -0.15) is 0 Å². The quantitative estimate of drug-likeness (QED) is 0.834. The predicted octanol–water partition coefficient (Wildman–Crippen LogP) is 1.93. The van der Waals surface area contributed by atoms with Crippen molar-refractivity contribution in [2.75, 3.05) is 30.4 Å². The molecule has 0 fully saturated rings. The van der Waals surface area contributed by atoms with Gasteiger partial charge in [0.25, 0.3) is 0 Å². The SMILES string of the molecule is CN(C)C(=O)CC1Cc2c(-c3ccc(NS(C)(=O)=O)cc3)ccnc2N1. The molecule has 0 bridgehead atoms. The molecule has 2 aromatic rings. The third kappa shape index (κ3) is 4.13. The molecule has 3 rings (SSSR count). The Morgan fingerprint density at radius 1 is 1.27 bits per heavy atom. The molecule has 138 valence electrons. The summed E-state index contributed by atoms with van der Waals surface area (Å²) in [6, 6.07) is 9.19. The standard InChI is InChI=1S/C18H22N4O3S/c1-22(2)17(23)11-14-10-16-15(8-9-19-18(16)20-14)12-4-6-13(7-5-12)21-26(3,24)25/h4-9,14,21H,10-11H2,1-3H3,(H,19,20). The molecule has 1 aliphatic rings. The van der Waals surface area contributed by atoms with E-state index in [0.717, 1.165) is 35.2 Å². The second kappa shape index (κ2) is 6.95. The minimum Gasteiger partial charge on any atom is -0.366 e. The molecule has 0 spiro atoms. The van der Waals surface area contributed by atoms with Gasteiger partial charge in [-0.25, -0.2) is 13.4 Å². The van der Waals surface area contributed by atoms with Crippen molar-refractivity contribution in [3.63, 3.8) is 0 Å². The summed E-state index contributed by atoms with van der Waals surface area (Å²) in [6.07, 6.45) is 4.00. The number of benzene rings is 1. The van der Waals surface area contributed by atoms with E-state index in [4.69, 9.17) is 0 Å². The number of pyridine rings is 1. The molecule has 1 aromatic carbocycles. The number of nitrogens with one attached hydrogen (secondary N) is 2. The zero-order valence-corrected chi connectivity index (χ0v) is 15.8. The number of amides is 1. The van der Waals surface area contributed by atoms with E-state index in [0.29, 0.717) is 12.1 Å². The fraction of sp³-hybridized carbons (Fsp3) is 0.333. The summed E-state index contributed by atoms with van der Waals surface area (Å²) >= 11 is 0. The maximum atomic E-state index is 12.0. The minimum atomic E-state index is -3.30. The Labute approximate surface area is 153 Å². The highest BCUT2D eigenvalue weighted by Gasteiger charge is 2.26. The van der Waals surface area contributed by atoms with Crippen LogP contribution in [0.5, 0.6) is 0 Å². The maximum absolute atomic E-state index is 12.0. The van der Waals surface area contributed by atoms with Crippen molar-refractivity contribution in [1.29, 1.82) is 0 Å². The van der Waals surface area contributed by atoms with Crippen LogP contribution in [0.4, 0.5) is 11.5 Å². The highest BCUT2D eigenvalue weighted by atomic mass is 32.2. The molecular weight excluding hydrogens is 352 g/mol. The van der Waals surface area contributed by atoms with Gasteiger partial charge in [-0.1, -0.05) is 12.1 Å². The zero-order valence-electron chi connectivity index (χ0n) is 15.0. The molecule has 8 heteroatoms. The van der Waals surface area contributed by atoms with Crippen molar-refractivity contribution in [2.24, 2.45) is 0 Å². The van der Waals surface area contributed by atoms with E-state index >= 15 is 0 Å². The van der Waals surface area contributed by atoms with Crippen molar-refractivity contribution in [3.8, 4) is 11.1 Å². The predicted molar refractivity (Wildman–Crippen MR) is 103 cm³/mol. The molecule has 2 heterocycles. The van der Waals surface area contributed by atoms with Gasteiger partial charge < -0.3 is 10.2 Å². The van der Waals surface area contributed by atoms with E-state index in [9.17, 15) is 13.2 Å². The van der Waals surface area contributed by atoms with Crippen LogP contribution in [0.2, 0.25) is 0 Å². The Kier molecular flexibility index (Phi) is 4.86. The van der Waals surface area contributed by atoms with Crippen LogP contribution in [-0.4, -0.2) is 50.6 Å². The average molecular weight is 374 g/mol. The van der Waals surface area contributed by atoms with E-state index < -0.39 is 10.0 Å². The fourth-order valence-electron chi connectivity index (χ4n) is 3.03. The van der Waals surface area contributed by atoms with Crippen molar-refractivity contribution in [3.05, 3.63) is 42.1 Å². The van der Waals surface area contributed by atoms with Gasteiger partial charge >= 0.3 is 0 Å². The lowest BCUT2D eigenvalue weighted by molar-refractivity contribution is -0.128. The Morgan fingerprint density at radius 3 is 2.58 bits per heavy atom. The monoisotopic (exact) mass is 374 g/mol. The largest absolute Gasteiger partial charge is 0.366 e. The van der Waals surface area contributed by atoms with Crippen LogP contribution < -0.4 is 10.0 Å². The lowest BCUT2D eigenvalue weighted by atomic mass is 9.98. The number of nitrogens with zero attached hydrogens (tertiary/aromatic N) is 2. The Morgan fingerprint density at radius 2 is 1.96 bits per heavy atom. The van der Waals surface area contributed by atoms with E-state index in [2.05, 4.69) is 15.0 Å². The summed E-state index contributed by atoms with van der Waals surface area (Å²) < 4.78 is 25.1. The summed E-state index contributed by atoms with van der Waals surface area (Å²) in [5, 5.41) is 3.32. The van der Waals surface area contributed by atoms with Crippen molar-refractivity contribution < 1.29 is 13.2 Å². The van der Waals surface area contributed by atoms with Crippen LogP contribution in [0.15, 0.2) is 36.5 Å². The summed E-state index contributed by atoms with van der Waals surface area (Å²) in [7, 11) is 0.204. The molecule has 26 heavy (non-hydrogen) atoms. The maximum Gasteiger partial charge on any atom is 0.229 e. The van der Waals surface area contributed by atoms with Crippen LogP contribution >= 0.6 is 0 Å². The molecule has 7 nitrogen and oxygen atoms in total. The molecule has 1 aromatic heterocycles.